The van der Waals surface area contributed by atoms with E-state index in [-0.39, 0.29) is 11.5 Å². The second-order valence-corrected chi connectivity index (χ2v) is 6.45. The lowest BCUT2D eigenvalue weighted by Gasteiger charge is -2.22. The van der Waals surface area contributed by atoms with Crippen LogP contribution in [0.5, 0.6) is 5.75 Å². The van der Waals surface area contributed by atoms with E-state index in [1.54, 1.807) is 38.1 Å². The fourth-order valence-electron chi connectivity index (χ4n) is 2.39. The van der Waals surface area contributed by atoms with Crippen molar-refractivity contribution < 1.29 is 18.7 Å². The predicted octanol–water partition coefficient (Wildman–Crippen LogP) is 3.88. The molecule has 5 nitrogen and oxygen atoms in total. The van der Waals surface area contributed by atoms with Gasteiger partial charge in [-0.05, 0) is 36.2 Å². The number of hydrogen-bond donors (Lipinski definition) is 2. The van der Waals surface area contributed by atoms with E-state index >= 15 is 0 Å². The Balaban J connectivity index is 2.19. The van der Waals surface area contributed by atoms with Crippen molar-refractivity contribution in [2.45, 2.75) is 19.9 Å². The molecule has 138 valence electrons. The Morgan fingerprint density at radius 1 is 1.15 bits per heavy atom. The third-order valence-electron chi connectivity index (χ3n) is 3.77. The van der Waals surface area contributed by atoms with Crippen LogP contribution in [0.1, 0.15) is 24.2 Å². The van der Waals surface area contributed by atoms with Crippen LogP contribution in [0.15, 0.2) is 42.5 Å². The van der Waals surface area contributed by atoms with Gasteiger partial charge < -0.3 is 15.4 Å². The molecule has 0 fully saturated rings. The number of hydrogen-bond acceptors (Lipinski definition) is 3. The van der Waals surface area contributed by atoms with Gasteiger partial charge in [0.15, 0.2) is 0 Å². The maximum Gasteiger partial charge on any atom is 0.254 e. The number of benzene rings is 2. The molecule has 0 aliphatic rings. The summed E-state index contributed by atoms with van der Waals surface area (Å²) in [5, 5.41) is 5.71. The Kier molecular flexibility index (Phi) is 6.58. The summed E-state index contributed by atoms with van der Waals surface area (Å²) >= 11 is 5.96. The van der Waals surface area contributed by atoms with Crippen LogP contribution < -0.4 is 15.4 Å². The van der Waals surface area contributed by atoms with Gasteiger partial charge in [0.1, 0.15) is 17.6 Å². The molecule has 2 aromatic carbocycles. The van der Waals surface area contributed by atoms with Gasteiger partial charge in [-0.3, -0.25) is 9.59 Å². The Morgan fingerprint density at radius 2 is 1.85 bits per heavy atom. The number of anilines is 1. The number of halogens is 2. The van der Waals surface area contributed by atoms with Crippen molar-refractivity contribution in [3.8, 4) is 5.75 Å². The SMILES string of the molecule is COc1ccc(Cl)cc1NC(=O)C(NC(=O)c1ccccc1F)C(C)C. The lowest BCUT2D eigenvalue weighted by Crippen LogP contribution is -2.47. The zero-order chi connectivity index (χ0) is 19.3. The molecule has 0 aliphatic heterocycles. The zero-order valence-corrected chi connectivity index (χ0v) is 15.4. The van der Waals surface area contributed by atoms with Gasteiger partial charge in [0.2, 0.25) is 5.91 Å². The summed E-state index contributed by atoms with van der Waals surface area (Å²) in [6, 6.07) is 9.54. The molecule has 0 saturated heterocycles. The molecular formula is C19H20ClFN2O3. The van der Waals surface area contributed by atoms with Crippen LogP contribution in [0.2, 0.25) is 5.02 Å². The van der Waals surface area contributed by atoms with Gasteiger partial charge in [0.05, 0.1) is 18.4 Å². The van der Waals surface area contributed by atoms with Gasteiger partial charge in [0.25, 0.3) is 5.91 Å². The number of carbonyl (C=O) groups excluding carboxylic acids is 2. The monoisotopic (exact) mass is 378 g/mol. The van der Waals surface area contributed by atoms with Gasteiger partial charge in [-0.15, -0.1) is 0 Å². The molecule has 0 saturated carbocycles. The van der Waals surface area contributed by atoms with E-state index in [9.17, 15) is 14.0 Å². The topological polar surface area (TPSA) is 67.4 Å². The van der Waals surface area contributed by atoms with E-state index in [2.05, 4.69) is 10.6 Å². The van der Waals surface area contributed by atoms with E-state index in [0.717, 1.165) is 0 Å². The van der Waals surface area contributed by atoms with E-state index in [1.807, 2.05) is 0 Å². The maximum atomic E-state index is 13.8. The highest BCUT2D eigenvalue weighted by Gasteiger charge is 2.26. The van der Waals surface area contributed by atoms with Gasteiger partial charge >= 0.3 is 0 Å². The second-order valence-electron chi connectivity index (χ2n) is 6.01. The van der Waals surface area contributed by atoms with Gasteiger partial charge in [-0.2, -0.15) is 0 Å². The third-order valence-corrected chi connectivity index (χ3v) is 4.01. The molecule has 0 radical (unpaired) electrons. The van der Waals surface area contributed by atoms with E-state index < -0.39 is 23.7 Å². The molecular weight excluding hydrogens is 359 g/mol. The molecule has 0 aromatic heterocycles. The molecule has 1 unspecified atom stereocenters. The van der Waals surface area contributed by atoms with Gasteiger partial charge in [-0.25, -0.2) is 4.39 Å². The molecule has 0 aliphatic carbocycles. The van der Waals surface area contributed by atoms with Crippen molar-refractivity contribution in [1.82, 2.24) is 5.32 Å². The summed E-state index contributed by atoms with van der Waals surface area (Å²) in [4.78, 5) is 25.0. The third kappa shape index (κ3) is 4.73. The van der Waals surface area contributed by atoms with Crippen LogP contribution in [-0.2, 0) is 4.79 Å². The fraction of sp³-hybridized carbons (Fsp3) is 0.263. The Labute approximate surface area is 156 Å². The normalized spacial score (nSPS) is 11.8. The summed E-state index contributed by atoms with van der Waals surface area (Å²) in [6.07, 6.45) is 0. The van der Waals surface area contributed by atoms with E-state index in [0.29, 0.717) is 16.5 Å². The molecule has 0 spiro atoms. The minimum atomic E-state index is -0.870. The van der Waals surface area contributed by atoms with Crippen molar-refractivity contribution >= 4 is 29.1 Å². The highest BCUT2D eigenvalue weighted by Crippen LogP contribution is 2.28. The molecule has 1 atom stereocenters. The average molecular weight is 379 g/mol. The molecule has 0 bridgehead atoms. The average Bonchev–Trinajstić information content (AvgIpc) is 2.59. The quantitative estimate of drug-likeness (QED) is 0.801. The van der Waals surface area contributed by atoms with Crippen molar-refractivity contribution in [3.05, 3.63) is 58.9 Å². The minimum absolute atomic E-state index is 0.119. The Hall–Kier alpha value is -2.60. The number of amides is 2. The number of carbonyl (C=O) groups is 2. The van der Waals surface area contributed by atoms with Crippen LogP contribution in [0, 0.1) is 11.7 Å². The molecule has 0 heterocycles. The van der Waals surface area contributed by atoms with Crippen LogP contribution in [0.4, 0.5) is 10.1 Å². The van der Waals surface area contributed by atoms with Crippen LogP contribution in [0.3, 0.4) is 0 Å². The minimum Gasteiger partial charge on any atom is -0.495 e. The Bertz CT molecular complexity index is 811. The van der Waals surface area contributed by atoms with Crippen molar-refractivity contribution in [2.75, 3.05) is 12.4 Å². The molecule has 2 N–H and O–H groups in total. The molecule has 26 heavy (non-hydrogen) atoms. The predicted molar refractivity (Wildman–Crippen MR) is 99.1 cm³/mol. The number of rotatable bonds is 6. The van der Waals surface area contributed by atoms with Crippen molar-refractivity contribution in [1.29, 1.82) is 0 Å². The zero-order valence-electron chi connectivity index (χ0n) is 14.7. The highest BCUT2D eigenvalue weighted by atomic mass is 35.5. The van der Waals surface area contributed by atoms with Gasteiger partial charge in [0, 0.05) is 5.02 Å². The first-order chi connectivity index (χ1) is 12.3. The van der Waals surface area contributed by atoms with Crippen molar-refractivity contribution in [3.63, 3.8) is 0 Å². The summed E-state index contributed by atoms with van der Waals surface area (Å²) in [6.45, 7) is 3.56. The largest absolute Gasteiger partial charge is 0.495 e. The molecule has 7 heteroatoms. The smallest absolute Gasteiger partial charge is 0.254 e. The lowest BCUT2D eigenvalue weighted by molar-refractivity contribution is -0.118. The maximum absolute atomic E-state index is 13.8. The number of ether oxygens (including phenoxy) is 1. The standard InChI is InChI=1S/C19H20ClFN2O3/c1-11(2)17(23-18(24)13-6-4-5-7-14(13)21)19(25)22-15-10-12(20)8-9-16(15)26-3/h4-11,17H,1-3H3,(H,22,25)(H,23,24). The molecule has 2 amide bonds. The summed E-state index contributed by atoms with van der Waals surface area (Å²) in [5.41, 5.74) is 0.266. The van der Waals surface area contributed by atoms with Crippen LogP contribution >= 0.6 is 11.6 Å². The first-order valence-corrected chi connectivity index (χ1v) is 8.41. The van der Waals surface area contributed by atoms with Crippen LogP contribution in [-0.4, -0.2) is 25.0 Å². The Morgan fingerprint density at radius 3 is 2.46 bits per heavy atom. The lowest BCUT2D eigenvalue weighted by atomic mass is 10.0. The van der Waals surface area contributed by atoms with Crippen molar-refractivity contribution in [2.24, 2.45) is 5.92 Å². The second kappa shape index (κ2) is 8.67. The van der Waals surface area contributed by atoms with E-state index in [4.69, 9.17) is 16.3 Å². The first kappa shape index (κ1) is 19.7. The summed E-state index contributed by atoms with van der Waals surface area (Å²) < 4.78 is 19.0. The van der Waals surface area contributed by atoms with E-state index in [1.165, 1.54) is 25.3 Å². The van der Waals surface area contributed by atoms with Gasteiger partial charge in [-0.1, -0.05) is 37.6 Å². The molecule has 2 rings (SSSR count). The number of nitrogens with one attached hydrogen (secondary N) is 2. The first-order valence-electron chi connectivity index (χ1n) is 8.03. The highest BCUT2D eigenvalue weighted by molar-refractivity contribution is 6.31. The summed E-state index contributed by atoms with van der Waals surface area (Å²) in [7, 11) is 1.47. The number of methoxy groups -OCH3 is 1. The summed E-state index contributed by atoms with van der Waals surface area (Å²) in [5.74, 6) is -1.55. The fourth-order valence-corrected chi connectivity index (χ4v) is 2.56. The van der Waals surface area contributed by atoms with Crippen LogP contribution in [0.25, 0.3) is 0 Å². The molecule has 2 aromatic rings.